The summed E-state index contributed by atoms with van der Waals surface area (Å²) in [5, 5.41) is 2.81. The first-order valence-electron chi connectivity index (χ1n) is 7.34. The molecule has 2 rings (SSSR count). The minimum Gasteiger partial charge on any atom is -0.344 e. The van der Waals surface area contributed by atoms with E-state index in [1.807, 2.05) is 13.8 Å². The van der Waals surface area contributed by atoms with Crippen molar-refractivity contribution in [1.82, 2.24) is 10.2 Å². The van der Waals surface area contributed by atoms with Gasteiger partial charge in [0, 0.05) is 19.5 Å². The van der Waals surface area contributed by atoms with Gasteiger partial charge in [-0.3, -0.25) is 9.59 Å². The number of benzene rings is 1. The molecule has 1 aliphatic rings. The Balaban J connectivity index is 2.15. The zero-order chi connectivity index (χ0) is 15.4. The second-order valence-electron chi connectivity index (χ2n) is 5.57. The van der Waals surface area contributed by atoms with E-state index in [-0.39, 0.29) is 23.5 Å². The Labute approximate surface area is 124 Å². The van der Waals surface area contributed by atoms with Gasteiger partial charge in [-0.05, 0) is 23.6 Å². The van der Waals surface area contributed by atoms with E-state index < -0.39 is 6.04 Å². The predicted octanol–water partition coefficient (Wildman–Crippen LogP) is 2.09. The van der Waals surface area contributed by atoms with Crippen molar-refractivity contribution in [2.45, 2.75) is 39.3 Å². The van der Waals surface area contributed by atoms with Crippen molar-refractivity contribution in [3.8, 4) is 0 Å². The number of hydrogen-bond donors (Lipinski definition) is 1. The van der Waals surface area contributed by atoms with Crippen LogP contribution in [0.2, 0.25) is 0 Å². The number of amides is 2. The highest BCUT2D eigenvalue weighted by Crippen LogP contribution is 2.16. The highest BCUT2D eigenvalue weighted by Gasteiger charge is 2.32. The fourth-order valence-corrected chi connectivity index (χ4v) is 2.44. The molecule has 1 fully saturated rings. The molecule has 2 amide bonds. The van der Waals surface area contributed by atoms with E-state index in [9.17, 15) is 14.0 Å². The molecule has 5 heteroatoms. The van der Waals surface area contributed by atoms with E-state index >= 15 is 0 Å². The summed E-state index contributed by atoms with van der Waals surface area (Å²) in [4.78, 5) is 26.0. The molecule has 0 aromatic heterocycles. The van der Waals surface area contributed by atoms with E-state index in [0.717, 1.165) is 12.0 Å². The van der Waals surface area contributed by atoms with Crippen LogP contribution in [0.1, 0.15) is 32.3 Å². The van der Waals surface area contributed by atoms with E-state index in [1.54, 1.807) is 17.0 Å². The third-order valence-electron chi connectivity index (χ3n) is 4.00. The first-order valence-corrected chi connectivity index (χ1v) is 7.34. The van der Waals surface area contributed by atoms with Gasteiger partial charge < -0.3 is 10.2 Å². The van der Waals surface area contributed by atoms with Gasteiger partial charge >= 0.3 is 0 Å². The van der Waals surface area contributed by atoms with Crippen LogP contribution >= 0.6 is 0 Å². The number of hydrogen-bond acceptors (Lipinski definition) is 2. The third-order valence-corrected chi connectivity index (χ3v) is 4.00. The van der Waals surface area contributed by atoms with Crippen LogP contribution in [-0.2, 0) is 16.1 Å². The summed E-state index contributed by atoms with van der Waals surface area (Å²) in [6.45, 7) is 4.76. The molecule has 1 aromatic carbocycles. The van der Waals surface area contributed by atoms with Crippen LogP contribution in [0.5, 0.6) is 0 Å². The first kappa shape index (κ1) is 15.5. The summed E-state index contributed by atoms with van der Waals surface area (Å²) >= 11 is 0. The van der Waals surface area contributed by atoms with Crippen LogP contribution in [0.25, 0.3) is 0 Å². The average Bonchev–Trinajstić information content (AvgIpc) is 2.62. The molecule has 4 nitrogen and oxygen atoms in total. The Morgan fingerprint density at radius 2 is 2.00 bits per heavy atom. The Bertz CT molecular complexity index is 516. The summed E-state index contributed by atoms with van der Waals surface area (Å²) in [5.41, 5.74) is 0.863. The standard InChI is InChI=1S/C16H21FN2O2/c1-3-11(2)15-16(21)19(9-8-14(20)18-15)10-12-4-6-13(17)7-5-12/h4-7,11,15H,3,8-10H2,1-2H3,(H,18,20). The number of carbonyl (C=O) groups excluding carboxylic acids is 2. The Morgan fingerprint density at radius 1 is 1.33 bits per heavy atom. The van der Waals surface area contributed by atoms with Gasteiger partial charge in [0.2, 0.25) is 11.8 Å². The molecule has 1 heterocycles. The average molecular weight is 292 g/mol. The summed E-state index contributed by atoms with van der Waals surface area (Å²) in [6, 6.07) is 5.63. The smallest absolute Gasteiger partial charge is 0.245 e. The maximum Gasteiger partial charge on any atom is 0.245 e. The van der Waals surface area contributed by atoms with Crippen molar-refractivity contribution in [2.75, 3.05) is 6.54 Å². The third kappa shape index (κ3) is 3.80. The van der Waals surface area contributed by atoms with Gasteiger partial charge in [0.1, 0.15) is 11.9 Å². The number of rotatable bonds is 4. The molecule has 0 aliphatic carbocycles. The zero-order valence-corrected chi connectivity index (χ0v) is 12.4. The lowest BCUT2D eigenvalue weighted by molar-refractivity contribution is -0.135. The summed E-state index contributed by atoms with van der Waals surface area (Å²) in [7, 11) is 0. The molecule has 0 saturated carbocycles. The van der Waals surface area contributed by atoms with E-state index in [1.165, 1.54) is 12.1 Å². The minimum absolute atomic E-state index is 0.0560. The molecule has 0 spiro atoms. The molecule has 114 valence electrons. The van der Waals surface area contributed by atoms with Crippen molar-refractivity contribution in [3.05, 3.63) is 35.6 Å². The second-order valence-corrected chi connectivity index (χ2v) is 5.57. The van der Waals surface area contributed by atoms with E-state index in [2.05, 4.69) is 5.32 Å². The fourth-order valence-electron chi connectivity index (χ4n) is 2.44. The number of nitrogens with zero attached hydrogens (tertiary/aromatic N) is 1. The Hall–Kier alpha value is -1.91. The summed E-state index contributed by atoms with van der Waals surface area (Å²) in [5.74, 6) is -0.347. The van der Waals surface area contributed by atoms with Crippen LogP contribution in [0.15, 0.2) is 24.3 Å². The molecule has 1 aliphatic heterocycles. The highest BCUT2D eigenvalue weighted by molar-refractivity contribution is 5.90. The maximum absolute atomic E-state index is 12.9. The predicted molar refractivity (Wildman–Crippen MR) is 77.8 cm³/mol. The van der Waals surface area contributed by atoms with Crippen molar-refractivity contribution in [3.63, 3.8) is 0 Å². The van der Waals surface area contributed by atoms with E-state index in [4.69, 9.17) is 0 Å². The molecule has 2 atom stereocenters. The lowest BCUT2D eigenvalue weighted by atomic mass is 9.98. The maximum atomic E-state index is 12.9. The SMILES string of the molecule is CCC(C)C1NC(=O)CCN(Cc2ccc(F)cc2)C1=O. The molecule has 1 saturated heterocycles. The molecular weight excluding hydrogens is 271 g/mol. The van der Waals surface area contributed by atoms with Crippen LogP contribution in [0, 0.1) is 11.7 Å². The molecule has 1 N–H and O–H groups in total. The summed E-state index contributed by atoms with van der Waals surface area (Å²) in [6.07, 6.45) is 1.13. The molecule has 1 aromatic rings. The first-order chi connectivity index (χ1) is 10.0. The monoisotopic (exact) mass is 292 g/mol. The lowest BCUT2D eigenvalue weighted by Crippen LogP contribution is -2.48. The summed E-state index contributed by atoms with van der Waals surface area (Å²) < 4.78 is 12.9. The van der Waals surface area contributed by atoms with Crippen molar-refractivity contribution in [1.29, 1.82) is 0 Å². The minimum atomic E-state index is -0.467. The highest BCUT2D eigenvalue weighted by atomic mass is 19.1. The quantitative estimate of drug-likeness (QED) is 0.924. The topological polar surface area (TPSA) is 49.4 Å². The van der Waals surface area contributed by atoms with Crippen LogP contribution in [-0.4, -0.2) is 29.3 Å². The normalized spacial score (nSPS) is 20.9. The van der Waals surface area contributed by atoms with Crippen molar-refractivity contribution in [2.24, 2.45) is 5.92 Å². The Morgan fingerprint density at radius 3 is 2.62 bits per heavy atom. The van der Waals surface area contributed by atoms with Gasteiger partial charge in [0.25, 0.3) is 0 Å². The van der Waals surface area contributed by atoms with Crippen molar-refractivity contribution >= 4 is 11.8 Å². The zero-order valence-electron chi connectivity index (χ0n) is 12.4. The lowest BCUT2D eigenvalue weighted by Gasteiger charge is -2.27. The number of halogens is 1. The van der Waals surface area contributed by atoms with Crippen molar-refractivity contribution < 1.29 is 14.0 Å². The van der Waals surface area contributed by atoms with Crippen LogP contribution < -0.4 is 5.32 Å². The second kappa shape index (κ2) is 6.70. The largest absolute Gasteiger partial charge is 0.344 e. The van der Waals surface area contributed by atoms with Gasteiger partial charge in [-0.25, -0.2) is 4.39 Å². The van der Waals surface area contributed by atoms with E-state index in [0.29, 0.717) is 19.5 Å². The number of carbonyl (C=O) groups is 2. The number of nitrogens with one attached hydrogen (secondary N) is 1. The molecule has 0 bridgehead atoms. The van der Waals surface area contributed by atoms with Gasteiger partial charge in [-0.2, -0.15) is 0 Å². The molecule has 0 radical (unpaired) electrons. The Kier molecular flexibility index (Phi) is 4.94. The molecular formula is C16H21FN2O2. The van der Waals surface area contributed by atoms with Crippen LogP contribution in [0.3, 0.4) is 0 Å². The molecule has 21 heavy (non-hydrogen) atoms. The van der Waals surface area contributed by atoms with Gasteiger partial charge in [0.15, 0.2) is 0 Å². The van der Waals surface area contributed by atoms with Gasteiger partial charge in [-0.1, -0.05) is 32.4 Å². The van der Waals surface area contributed by atoms with Crippen LogP contribution in [0.4, 0.5) is 4.39 Å². The molecule has 2 unspecified atom stereocenters. The van der Waals surface area contributed by atoms with Gasteiger partial charge in [0.05, 0.1) is 0 Å². The van der Waals surface area contributed by atoms with Gasteiger partial charge in [-0.15, -0.1) is 0 Å². The fraction of sp³-hybridized carbons (Fsp3) is 0.500.